The number of nitrogens with zero attached hydrogens (tertiary/aromatic N) is 1. The fraction of sp³-hybridized carbons (Fsp3) is 0.588. The lowest BCUT2D eigenvalue weighted by molar-refractivity contribution is -0.139. The van der Waals surface area contributed by atoms with Crippen LogP contribution in [0.15, 0.2) is 16.6 Å². The molecule has 138 valence electrons. The molecule has 2 heterocycles. The third-order valence-electron chi connectivity index (χ3n) is 4.31. The van der Waals surface area contributed by atoms with Gasteiger partial charge in [0, 0.05) is 16.9 Å². The molecule has 25 heavy (non-hydrogen) atoms. The zero-order valence-corrected chi connectivity index (χ0v) is 15.7. The summed E-state index contributed by atoms with van der Waals surface area (Å²) in [5, 5.41) is 0. The van der Waals surface area contributed by atoms with Gasteiger partial charge in [-0.2, -0.15) is 13.2 Å². The Bertz CT molecular complexity index is 700. The van der Waals surface area contributed by atoms with Crippen molar-refractivity contribution in [3.63, 3.8) is 0 Å². The normalized spacial score (nSPS) is 23.2. The highest BCUT2D eigenvalue weighted by molar-refractivity contribution is 9.10. The molecule has 1 saturated heterocycles. The molecule has 1 aromatic rings. The van der Waals surface area contributed by atoms with Crippen molar-refractivity contribution in [1.82, 2.24) is 4.90 Å². The monoisotopic (exact) mass is 421 g/mol. The number of hydrogen-bond donors (Lipinski definition) is 0. The highest BCUT2D eigenvalue weighted by Gasteiger charge is 2.45. The zero-order valence-electron chi connectivity index (χ0n) is 14.1. The fourth-order valence-corrected chi connectivity index (χ4v) is 3.79. The molecular weight excluding hydrogens is 403 g/mol. The van der Waals surface area contributed by atoms with Gasteiger partial charge in [0.15, 0.2) is 0 Å². The van der Waals surface area contributed by atoms with E-state index in [0.29, 0.717) is 16.6 Å². The van der Waals surface area contributed by atoms with Crippen LogP contribution in [0.1, 0.15) is 43.4 Å². The second kappa shape index (κ2) is 6.16. The van der Waals surface area contributed by atoms with Crippen LogP contribution in [0.3, 0.4) is 0 Å². The first-order valence-electron chi connectivity index (χ1n) is 7.95. The molecule has 2 atom stereocenters. The van der Waals surface area contributed by atoms with Gasteiger partial charge in [-0.3, -0.25) is 0 Å². The van der Waals surface area contributed by atoms with Gasteiger partial charge in [0.05, 0.1) is 24.8 Å². The van der Waals surface area contributed by atoms with Crippen molar-refractivity contribution in [2.75, 3.05) is 13.1 Å². The number of rotatable bonds is 0. The average Bonchev–Trinajstić information content (AvgIpc) is 2.88. The third kappa shape index (κ3) is 3.79. The first-order valence-corrected chi connectivity index (χ1v) is 8.74. The molecule has 0 saturated carbocycles. The summed E-state index contributed by atoms with van der Waals surface area (Å²) in [7, 11) is 0. The minimum Gasteiger partial charge on any atom is -0.444 e. The number of ether oxygens (including phenoxy) is 2. The maximum Gasteiger partial charge on any atom is 0.416 e. The smallest absolute Gasteiger partial charge is 0.416 e. The molecule has 8 heteroatoms. The molecule has 1 amide bonds. The van der Waals surface area contributed by atoms with Gasteiger partial charge in [0.25, 0.3) is 0 Å². The molecule has 4 nitrogen and oxygen atoms in total. The van der Waals surface area contributed by atoms with Gasteiger partial charge >= 0.3 is 12.3 Å². The maximum atomic E-state index is 13.3. The Morgan fingerprint density at radius 3 is 2.56 bits per heavy atom. The summed E-state index contributed by atoms with van der Waals surface area (Å²) in [5.41, 5.74) is -0.575. The molecule has 0 bridgehead atoms. The minimum atomic E-state index is -4.45. The number of amides is 1. The number of carbonyl (C=O) groups excluding carboxylic acids is 1. The van der Waals surface area contributed by atoms with Crippen LogP contribution in [0.4, 0.5) is 18.0 Å². The number of benzene rings is 1. The standard InChI is InChI=1S/C17H19BrF3NO3/c1-16(2,3)25-15(23)22-6-11-10-4-9(18)5-13(17(19,20)21)12(10)8-24-14(11)7-22/h4-5,11,14H,6-8H2,1-3H3. The van der Waals surface area contributed by atoms with E-state index in [2.05, 4.69) is 15.9 Å². The van der Waals surface area contributed by atoms with Gasteiger partial charge in [-0.1, -0.05) is 15.9 Å². The second-order valence-electron chi connectivity index (χ2n) is 7.36. The highest BCUT2D eigenvalue weighted by Crippen LogP contribution is 2.44. The first-order chi connectivity index (χ1) is 11.5. The molecule has 2 aliphatic heterocycles. The lowest BCUT2D eigenvalue weighted by atomic mass is 9.87. The van der Waals surface area contributed by atoms with Crippen molar-refractivity contribution < 1.29 is 27.4 Å². The molecular formula is C17H19BrF3NO3. The number of carbonyl (C=O) groups is 1. The van der Waals surface area contributed by atoms with Gasteiger partial charge < -0.3 is 14.4 Å². The van der Waals surface area contributed by atoms with Crippen LogP contribution in [-0.2, 0) is 22.3 Å². The van der Waals surface area contributed by atoms with Crippen molar-refractivity contribution in [2.45, 2.75) is 51.2 Å². The van der Waals surface area contributed by atoms with E-state index in [4.69, 9.17) is 9.47 Å². The average molecular weight is 422 g/mol. The van der Waals surface area contributed by atoms with Gasteiger partial charge in [0.2, 0.25) is 0 Å². The number of alkyl halides is 3. The fourth-order valence-electron chi connectivity index (χ4n) is 3.31. The summed E-state index contributed by atoms with van der Waals surface area (Å²) in [6.45, 7) is 5.79. The van der Waals surface area contributed by atoms with Crippen molar-refractivity contribution in [1.29, 1.82) is 0 Å². The molecule has 1 aromatic carbocycles. The largest absolute Gasteiger partial charge is 0.444 e. The van der Waals surface area contributed by atoms with Gasteiger partial charge in [-0.05, 0) is 44.0 Å². The van der Waals surface area contributed by atoms with Gasteiger partial charge in [-0.15, -0.1) is 0 Å². The Hall–Kier alpha value is -1.28. The summed E-state index contributed by atoms with van der Waals surface area (Å²) in [6.07, 6.45) is -5.25. The van der Waals surface area contributed by atoms with Crippen molar-refractivity contribution >= 4 is 22.0 Å². The van der Waals surface area contributed by atoms with Crippen molar-refractivity contribution in [2.24, 2.45) is 0 Å². The van der Waals surface area contributed by atoms with Gasteiger partial charge in [-0.25, -0.2) is 4.79 Å². The van der Waals surface area contributed by atoms with E-state index in [1.54, 1.807) is 26.8 Å². The van der Waals surface area contributed by atoms with Crippen LogP contribution >= 0.6 is 15.9 Å². The van der Waals surface area contributed by atoms with E-state index in [-0.39, 0.29) is 30.7 Å². The van der Waals surface area contributed by atoms with Crippen LogP contribution in [0.2, 0.25) is 0 Å². The molecule has 2 unspecified atom stereocenters. The molecule has 0 spiro atoms. The Labute approximate surface area is 152 Å². The summed E-state index contributed by atoms with van der Waals surface area (Å²) in [6, 6.07) is 2.77. The van der Waals surface area contributed by atoms with E-state index >= 15 is 0 Å². The Morgan fingerprint density at radius 1 is 1.28 bits per heavy atom. The zero-order chi connectivity index (χ0) is 18.6. The van der Waals surface area contributed by atoms with Gasteiger partial charge in [0.1, 0.15) is 5.60 Å². The van der Waals surface area contributed by atoms with Crippen LogP contribution in [0.25, 0.3) is 0 Å². The lowest BCUT2D eigenvalue weighted by Gasteiger charge is -2.30. The first kappa shape index (κ1) is 18.5. The second-order valence-corrected chi connectivity index (χ2v) is 8.28. The highest BCUT2D eigenvalue weighted by atomic mass is 79.9. The maximum absolute atomic E-state index is 13.3. The molecule has 0 N–H and O–H groups in total. The molecule has 1 fully saturated rings. The summed E-state index contributed by atoms with van der Waals surface area (Å²) in [5.74, 6) is -0.296. The third-order valence-corrected chi connectivity index (χ3v) is 4.77. The predicted molar refractivity (Wildman–Crippen MR) is 88.3 cm³/mol. The van der Waals surface area contributed by atoms with E-state index in [1.807, 2.05) is 0 Å². The Balaban J connectivity index is 1.90. The number of halogens is 4. The molecule has 0 aliphatic carbocycles. The summed E-state index contributed by atoms with van der Waals surface area (Å²) >= 11 is 3.17. The lowest BCUT2D eigenvalue weighted by Crippen LogP contribution is -2.36. The molecule has 0 aromatic heterocycles. The summed E-state index contributed by atoms with van der Waals surface area (Å²) in [4.78, 5) is 13.8. The van der Waals surface area contributed by atoms with E-state index < -0.39 is 23.4 Å². The minimum absolute atomic E-state index is 0.110. The number of likely N-dealkylation sites (tertiary alicyclic amines) is 1. The van der Waals surface area contributed by atoms with E-state index in [9.17, 15) is 18.0 Å². The van der Waals surface area contributed by atoms with Crippen molar-refractivity contribution in [3.05, 3.63) is 33.3 Å². The Kier molecular flexibility index (Phi) is 4.56. The van der Waals surface area contributed by atoms with Crippen LogP contribution in [-0.4, -0.2) is 35.8 Å². The van der Waals surface area contributed by atoms with Crippen LogP contribution in [0, 0.1) is 0 Å². The van der Waals surface area contributed by atoms with E-state index in [1.165, 1.54) is 4.90 Å². The summed E-state index contributed by atoms with van der Waals surface area (Å²) < 4.78 is 51.4. The molecule has 0 radical (unpaired) electrons. The Morgan fingerprint density at radius 2 is 1.96 bits per heavy atom. The van der Waals surface area contributed by atoms with Crippen LogP contribution in [0.5, 0.6) is 0 Å². The van der Waals surface area contributed by atoms with Crippen molar-refractivity contribution in [3.8, 4) is 0 Å². The van der Waals surface area contributed by atoms with Crippen LogP contribution < -0.4 is 0 Å². The van der Waals surface area contributed by atoms with E-state index in [0.717, 1.165) is 6.07 Å². The molecule has 3 rings (SSSR count). The number of fused-ring (bicyclic) bond motifs is 3. The molecule has 2 aliphatic rings. The quantitative estimate of drug-likeness (QED) is 0.609. The SMILES string of the molecule is CC(C)(C)OC(=O)N1CC2OCc3c(cc(Br)cc3C(F)(F)F)C2C1. The predicted octanol–water partition coefficient (Wildman–Crippen LogP) is 4.70. The number of hydrogen-bond acceptors (Lipinski definition) is 3. The topological polar surface area (TPSA) is 38.8 Å².